The highest BCUT2D eigenvalue weighted by Crippen LogP contribution is 2.36. The number of nitrogens with zero attached hydrogens (tertiary/aromatic N) is 3. The van der Waals surface area contributed by atoms with E-state index in [9.17, 15) is 10.2 Å². The third kappa shape index (κ3) is 2.55. The molecule has 0 unspecified atom stereocenters. The van der Waals surface area contributed by atoms with Crippen molar-refractivity contribution in [2.75, 3.05) is 5.32 Å². The molecule has 120 valence electrons. The van der Waals surface area contributed by atoms with Crippen LogP contribution in [0.25, 0.3) is 16.9 Å². The summed E-state index contributed by atoms with van der Waals surface area (Å²) in [6.45, 7) is 0.652. The molecule has 0 fully saturated rings. The molecular weight excluding hydrogens is 324 g/mol. The number of aromatic hydroxyl groups is 2. The van der Waals surface area contributed by atoms with E-state index in [2.05, 4.69) is 21.4 Å². The lowest BCUT2D eigenvalue weighted by molar-refractivity contribution is 0.452. The number of phenols is 2. The Morgan fingerprint density at radius 3 is 2.92 bits per heavy atom. The maximum atomic E-state index is 10.2. The summed E-state index contributed by atoms with van der Waals surface area (Å²) < 4.78 is 1.89. The van der Waals surface area contributed by atoms with Crippen LogP contribution in [-0.2, 0) is 6.54 Å². The van der Waals surface area contributed by atoms with Crippen molar-refractivity contribution in [1.29, 1.82) is 0 Å². The molecule has 4 rings (SSSR count). The normalized spacial score (nSPS) is 11.0. The van der Waals surface area contributed by atoms with Gasteiger partial charge in [0.15, 0.2) is 5.65 Å². The highest BCUT2D eigenvalue weighted by molar-refractivity contribution is 7.09. The van der Waals surface area contributed by atoms with Crippen LogP contribution in [0.1, 0.15) is 4.88 Å². The Kier molecular flexibility index (Phi) is 3.55. The SMILES string of the molecule is Oc1ccc(-c2nc3cnccn3c2NCc2cccs2)c(O)c1. The summed E-state index contributed by atoms with van der Waals surface area (Å²) in [6, 6.07) is 8.55. The van der Waals surface area contributed by atoms with E-state index in [1.807, 2.05) is 22.0 Å². The van der Waals surface area contributed by atoms with Crippen LogP contribution >= 0.6 is 11.3 Å². The monoisotopic (exact) mass is 338 g/mol. The number of thiophene rings is 1. The van der Waals surface area contributed by atoms with Crippen LogP contribution in [0.5, 0.6) is 11.5 Å². The predicted molar refractivity (Wildman–Crippen MR) is 93.4 cm³/mol. The van der Waals surface area contributed by atoms with Gasteiger partial charge in [0, 0.05) is 28.9 Å². The minimum atomic E-state index is -0.0226. The van der Waals surface area contributed by atoms with Gasteiger partial charge in [-0.3, -0.25) is 9.38 Å². The number of phenolic OH excluding ortho intramolecular Hbond substituents is 2. The van der Waals surface area contributed by atoms with E-state index >= 15 is 0 Å². The summed E-state index contributed by atoms with van der Waals surface area (Å²) in [7, 11) is 0. The largest absolute Gasteiger partial charge is 0.508 e. The van der Waals surface area contributed by atoms with Crippen molar-refractivity contribution in [3.8, 4) is 22.8 Å². The molecule has 0 aliphatic rings. The average molecular weight is 338 g/mol. The van der Waals surface area contributed by atoms with Crippen LogP contribution in [0.3, 0.4) is 0 Å². The van der Waals surface area contributed by atoms with Crippen molar-refractivity contribution < 1.29 is 10.2 Å². The summed E-state index contributed by atoms with van der Waals surface area (Å²) >= 11 is 1.67. The third-order valence-corrected chi connectivity index (χ3v) is 4.55. The van der Waals surface area contributed by atoms with Crippen molar-refractivity contribution >= 4 is 22.8 Å². The standard InChI is InChI=1S/C17H14N4O2S/c22-11-3-4-13(14(23)8-11)16-17(19-9-12-2-1-7-24-12)21-6-5-18-10-15(21)20-16/h1-8,10,19,22-23H,9H2. The quantitative estimate of drug-likeness (QED) is 0.531. The van der Waals surface area contributed by atoms with E-state index in [0.717, 1.165) is 5.82 Å². The van der Waals surface area contributed by atoms with Crippen LogP contribution < -0.4 is 5.32 Å². The summed E-state index contributed by atoms with van der Waals surface area (Å²) in [5.74, 6) is 0.752. The Morgan fingerprint density at radius 2 is 2.12 bits per heavy atom. The van der Waals surface area contributed by atoms with Gasteiger partial charge >= 0.3 is 0 Å². The molecule has 3 heterocycles. The third-order valence-electron chi connectivity index (χ3n) is 3.68. The van der Waals surface area contributed by atoms with Gasteiger partial charge in [0.05, 0.1) is 12.7 Å². The van der Waals surface area contributed by atoms with Gasteiger partial charge < -0.3 is 15.5 Å². The van der Waals surface area contributed by atoms with E-state index in [-0.39, 0.29) is 11.5 Å². The minimum Gasteiger partial charge on any atom is -0.508 e. The van der Waals surface area contributed by atoms with Crippen molar-refractivity contribution in [1.82, 2.24) is 14.4 Å². The lowest BCUT2D eigenvalue weighted by Crippen LogP contribution is -2.02. The summed E-state index contributed by atoms with van der Waals surface area (Å²) in [5, 5.41) is 25.1. The fourth-order valence-electron chi connectivity index (χ4n) is 2.57. The molecule has 0 radical (unpaired) electrons. The zero-order chi connectivity index (χ0) is 16.5. The first-order valence-electron chi connectivity index (χ1n) is 7.33. The zero-order valence-corrected chi connectivity index (χ0v) is 13.4. The fraction of sp³-hybridized carbons (Fsp3) is 0.0588. The Bertz CT molecular complexity index is 995. The number of aromatic nitrogens is 3. The van der Waals surface area contributed by atoms with Gasteiger partial charge in [-0.15, -0.1) is 11.3 Å². The Hall–Kier alpha value is -3.06. The molecule has 24 heavy (non-hydrogen) atoms. The molecule has 0 atom stereocenters. The van der Waals surface area contributed by atoms with Gasteiger partial charge in [-0.25, -0.2) is 4.98 Å². The topological polar surface area (TPSA) is 82.7 Å². The van der Waals surface area contributed by atoms with Gasteiger partial charge in [0.25, 0.3) is 0 Å². The first-order valence-corrected chi connectivity index (χ1v) is 8.21. The average Bonchev–Trinajstić information content (AvgIpc) is 3.20. The highest BCUT2D eigenvalue weighted by atomic mass is 32.1. The van der Waals surface area contributed by atoms with Gasteiger partial charge in [0.1, 0.15) is 23.0 Å². The van der Waals surface area contributed by atoms with E-state index in [0.29, 0.717) is 23.4 Å². The number of rotatable bonds is 4. The summed E-state index contributed by atoms with van der Waals surface area (Å²) in [4.78, 5) is 9.86. The van der Waals surface area contributed by atoms with E-state index < -0.39 is 0 Å². The van der Waals surface area contributed by atoms with Gasteiger partial charge in [-0.05, 0) is 23.6 Å². The first-order chi connectivity index (χ1) is 11.7. The minimum absolute atomic E-state index is 0.00905. The van der Waals surface area contributed by atoms with Gasteiger partial charge in [-0.1, -0.05) is 6.07 Å². The molecule has 0 aliphatic carbocycles. The van der Waals surface area contributed by atoms with Gasteiger partial charge in [-0.2, -0.15) is 0 Å². The molecule has 7 heteroatoms. The molecule has 3 aromatic heterocycles. The lowest BCUT2D eigenvalue weighted by atomic mass is 10.1. The lowest BCUT2D eigenvalue weighted by Gasteiger charge is -2.09. The first kappa shape index (κ1) is 14.5. The number of benzene rings is 1. The number of fused-ring (bicyclic) bond motifs is 1. The molecule has 6 nitrogen and oxygen atoms in total. The van der Waals surface area contributed by atoms with Gasteiger partial charge in [0.2, 0.25) is 0 Å². The molecule has 0 amide bonds. The molecule has 4 aromatic rings. The molecule has 0 aliphatic heterocycles. The van der Waals surface area contributed by atoms with Crippen LogP contribution in [0.4, 0.5) is 5.82 Å². The molecule has 3 N–H and O–H groups in total. The second-order valence-corrected chi connectivity index (χ2v) is 6.28. The van der Waals surface area contributed by atoms with Crippen LogP contribution in [0, 0.1) is 0 Å². The molecular formula is C17H14N4O2S. The Balaban J connectivity index is 1.83. The summed E-state index contributed by atoms with van der Waals surface area (Å²) in [6.07, 6.45) is 5.17. The van der Waals surface area contributed by atoms with E-state index in [1.54, 1.807) is 29.8 Å². The van der Waals surface area contributed by atoms with Crippen molar-refractivity contribution in [3.05, 3.63) is 59.2 Å². The maximum Gasteiger partial charge on any atom is 0.157 e. The van der Waals surface area contributed by atoms with Crippen LogP contribution in [0.15, 0.2) is 54.3 Å². The highest BCUT2D eigenvalue weighted by Gasteiger charge is 2.17. The molecule has 1 aromatic carbocycles. The fourth-order valence-corrected chi connectivity index (χ4v) is 3.21. The predicted octanol–water partition coefficient (Wildman–Crippen LogP) is 3.48. The summed E-state index contributed by atoms with van der Waals surface area (Å²) in [5.41, 5.74) is 1.83. The molecule has 0 spiro atoms. The number of hydrogen-bond acceptors (Lipinski definition) is 6. The second kappa shape index (κ2) is 5.86. The number of anilines is 1. The number of nitrogens with one attached hydrogen (secondary N) is 1. The zero-order valence-electron chi connectivity index (χ0n) is 12.5. The Morgan fingerprint density at radius 1 is 1.21 bits per heavy atom. The second-order valence-electron chi connectivity index (χ2n) is 5.25. The van der Waals surface area contributed by atoms with Crippen LogP contribution in [-0.4, -0.2) is 24.6 Å². The number of hydrogen-bond donors (Lipinski definition) is 3. The Labute approximate surface area is 141 Å². The molecule has 0 bridgehead atoms. The number of imidazole rings is 1. The molecule has 0 saturated carbocycles. The van der Waals surface area contributed by atoms with Crippen molar-refractivity contribution in [3.63, 3.8) is 0 Å². The van der Waals surface area contributed by atoms with Crippen LogP contribution in [0.2, 0.25) is 0 Å². The van der Waals surface area contributed by atoms with Crippen molar-refractivity contribution in [2.45, 2.75) is 6.54 Å². The molecule has 0 saturated heterocycles. The maximum absolute atomic E-state index is 10.2. The van der Waals surface area contributed by atoms with E-state index in [1.165, 1.54) is 17.0 Å². The smallest absolute Gasteiger partial charge is 0.157 e. The van der Waals surface area contributed by atoms with Crippen molar-refractivity contribution in [2.24, 2.45) is 0 Å². The van der Waals surface area contributed by atoms with E-state index in [4.69, 9.17) is 0 Å².